The number of rotatable bonds is 5. The first kappa shape index (κ1) is 15.0. The smallest absolute Gasteiger partial charge is 0.226 e. The number of hydrogen-bond acceptors (Lipinski definition) is 5. The van der Waals surface area contributed by atoms with E-state index in [4.69, 9.17) is 0 Å². The van der Waals surface area contributed by atoms with E-state index in [1.807, 2.05) is 30.5 Å². The second-order valence-corrected chi connectivity index (χ2v) is 6.52. The van der Waals surface area contributed by atoms with E-state index in [1.54, 1.807) is 0 Å². The highest BCUT2D eigenvalue weighted by Gasteiger charge is 2.17. The van der Waals surface area contributed by atoms with Crippen LogP contribution in [0.1, 0.15) is 37.1 Å². The van der Waals surface area contributed by atoms with E-state index in [-0.39, 0.29) is 5.91 Å². The highest BCUT2D eigenvalue weighted by molar-refractivity contribution is 7.13. The number of amides is 1. The number of aryl methyl sites for hydroxylation is 1. The van der Waals surface area contributed by atoms with Crippen molar-refractivity contribution in [3.8, 4) is 0 Å². The van der Waals surface area contributed by atoms with Crippen molar-refractivity contribution in [2.45, 2.75) is 45.1 Å². The van der Waals surface area contributed by atoms with Crippen LogP contribution in [0.25, 0.3) is 0 Å². The summed E-state index contributed by atoms with van der Waals surface area (Å²) < 4.78 is 0. The number of nitrogens with one attached hydrogen (secondary N) is 2. The molecular weight excluding hydrogens is 296 g/mol. The van der Waals surface area contributed by atoms with Gasteiger partial charge in [0.25, 0.3) is 0 Å². The fourth-order valence-corrected chi connectivity index (χ4v) is 3.40. The predicted molar refractivity (Wildman–Crippen MR) is 88.5 cm³/mol. The quantitative estimate of drug-likeness (QED) is 0.889. The van der Waals surface area contributed by atoms with E-state index < -0.39 is 0 Å². The maximum atomic E-state index is 12.0. The summed E-state index contributed by atoms with van der Waals surface area (Å²) in [5.74, 6) is 0.841. The molecule has 3 rings (SSSR count). The maximum Gasteiger partial charge on any atom is 0.226 e. The van der Waals surface area contributed by atoms with Gasteiger partial charge >= 0.3 is 0 Å². The molecule has 2 N–H and O–H groups in total. The van der Waals surface area contributed by atoms with E-state index in [0.29, 0.717) is 12.5 Å². The van der Waals surface area contributed by atoms with Gasteiger partial charge in [0, 0.05) is 17.1 Å². The molecule has 1 aliphatic rings. The molecule has 0 aliphatic heterocycles. The van der Waals surface area contributed by atoms with Gasteiger partial charge in [-0.05, 0) is 31.9 Å². The van der Waals surface area contributed by atoms with Crippen molar-refractivity contribution < 1.29 is 4.79 Å². The molecule has 0 saturated heterocycles. The van der Waals surface area contributed by atoms with Gasteiger partial charge in [0.15, 0.2) is 5.13 Å². The number of pyridine rings is 1. The Morgan fingerprint density at radius 1 is 1.32 bits per heavy atom. The van der Waals surface area contributed by atoms with Crippen molar-refractivity contribution >= 4 is 28.2 Å². The van der Waals surface area contributed by atoms with Crippen molar-refractivity contribution in [3.63, 3.8) is 0 Å². The Morgan fingerprint density at radius 3 is 2.91 bits per heavy atom. The zero-order chi connectivity index (χ0) is 15.4. The molecule has 0 spiro atoms. The first-order chi connectivity index (χ1) is 10.7. The van der Waals surface area contributed by atoms with Gasteiger partial charge in [-0.2, -0.15) is 0 Å². The van der Waals surface area contributed by atoms with E-state index in [0.717, 1.165) is 35.2 Å². The van der Waals surface area contributed by atoms with Gasteiger partial charge in [0.05, 0.1) is 12.1 Å². The zero-order valence-corrected chi connectivity index (χ0v) is 13.4. The molecule has 1 saturated carbocycles. The lowest BCUT2D eigenvalue weighted by Crippen LogP contribution is -2.33. The average Bonchev–Trinajstić information content (AvgIpc) is 3.11. The second-order valence-electron chi connectivity index (χ2n) is 5.66. The number of hydrogen-bond donors (Lipinski definition) is 2. The number of nitrogens with zero attached hydrogens (tertiary/aromatic N) is 2. The van der Waals surface area contributed by atoms with Gasteiger partial charge in [0.1, 0.15) is 5.82 Å². The van der Waals surface area contributed by atoms with Gasteiger partial charge < -0.3 is 10.6 Å². The summed E-state index contributed by atoms with van der Waals surface area (Å²) in [6.07, 6.45) is 5.00. The first-order valence-electron chi connectivity index (χ1n) is 7.63. The third-order valence-electron chi connectivity index (χ3n) is 3.74. The van der Waals surface area contributed by atoms with Gasteiger partial charge in [0.2, 0.25) is 5.91 Å². The maximum absolute atomic E-state index is 12.0. The molecular formula is C16H20N4OS. The van der Waals surface area contributed by atoms with E-state index in [1.165, 1.54) is 24.2 Å². The SMILES string of the molecule is Cc1cccc(Nc2nc(CC(=O)NC3CCCC3)cs2)n1. The Bertz CT molecular complexity index is 649. The molecule has 0 aromatic carbocycles. The molecule has 2 heterocycles. The van der Waals surface area contributed by atoms with Crippen LogP contribution in [0.2, 0.25) is 0 Å². The van der Waals surface area contributed by atoms with Crippen molar-refractivity contribution in [1.29, 1.82) is 0 Å². The van der Waals surface area contributed by atoms with Crippen LogP contribution >= 0.6 is 11.3 Å². The summed E-state index contributed by atoms with van der Waals surface area (Å²) >= 11 is 1.49. The monoisotopic (exact) mass is 316 g/mol. The largest absolute Gasteiger partial charge is 0.353 e. The highest BCUT2D eigenvalue weighted by atomic mass is 32.1. The molecule has 0 radical (unpaired) electrons. The van der Waals surface area contributed by atoms with Gasteiger partial charge in [-0.1, -0.05) is 18.9 Å². The molecule has 1 amide bonds. The topological polar surface area (TPSA) is 66.9 Å². The van der Waals surface area contributed by atoms with Crippen LogP contribution in [0.4, 0.5) is 10.9 Å². The lowest BCUT2D eigenvalue weighted by molar-refractivity contribution is -0.121. The lowest BCUT2D eigenvalue weighted by Gasteiger charge is -2.10. The number of anilines is 2. The number of carbonyl (C=O) groups excluding carboxylic acids is 1. The fraction of sp³-hybridized carbons (Fsp3) is 0.438. The van der Waals surface area contributed by atoms with Crippen LogP contribution in [0.5, 0.6) is 0 Å². The molecule has 0 atom stereocenters. The summed E-state index contributed by atoms with van der Waals surface area (Å²) in [7, 11) is 0. The van der Waals surface area contributed by atoms with E-state index in [9.17, 15) is 4.79 Å². The third kappa shape index (κ3) is 4.04. The van der Waals surface area contributed by atoms with E-state index in [2.05, 4.69) is 20.6 Å². The third-order valence-corrected chi connectivity index (χ3v) is 4.54. The Kier molecular flexibility index (Phi) is 4.68. The molecule has 2 aromatic rings. The molecule has 0 bridgehead atoms. The fourth-order valence-electron chi connectivity index (χ4n) is 2.68. The molecule has 6 heteroatoms. The van der Waals surface area contributed by atoms with Crippen LogP contribution in [0.15, 0.2) is 23.6 Å². The summed E-state index contributed by atoms with van der Waals surface area (Å²) in [5, 5.41) is 8.95. The van der Waals surface area contributed by atoms with Crippen LogP contribution in [0.3, 0.4) is 0 Å². The minimum absolute atomic E-state index is 0.0671. The minimum atomic E-state index is 0.0671. The molecule has 22 heavy (non-hydrogen) atoms. The molecule has 5 nitrogen and oxygen atoms in total. The van der Waals surface area contributed by atoms with Gasteiger partial charge in [-0.25, -0.2) is 9.97 Å². The first-order valence-corrected chi connectivity index (χ1v) is 8.51. The normalized spacial score (nSPS) is 15.0. The molecule has 1 fully saturated rings. The minimum Gasteiger partial charge on any atom is -0.353 e. The Balaban J connectivity index is 1.55. The number of carbonyl (C=O) groups is 1. The van der Waals surface area contributed by atoms with Crippen molar-refractivity contribution in [3.05, 3.63) is 35.0 Å². The molecule has 1 aliphatic carbocycles. The lowest BCUT2D eigenvalue weighted by atomic mass is 10.2. The Morgan fingerprint density at radius 2 is 2.14 bits per heavy atom. The summed E-state index contributed by atoms with van der Waals surface area (Å²) in [5.41, 5.74) is 1.76. The van der Waals surface area contributed by atoms with Crippen LogP contribution in [-0.4, -0.2) is 21.9 Å². The van der Waals surface area contributed by atoms with Crippen molar-refractivity contribution in [2.24, 2.45) is 0 Å². The summed E-state index contributed by atoms with van der Waals surface area (Å²) in [4.78, 5) is 20.8. The van der Waals surface area contributed by atoms with E-state index >= 15 is 0 Å². The van der Waals surface area contributed by atoms with Crippen LogP contribution in [-0.2, 0) is 11.2 Å². The Labute approximate surface area is 134 Å². The molecule has 116 valence electrons. The Hall–Kier alpha value is -1.95. The van der Waals surface area contributed by atoms with Gasteiger partial charge in [-0.15, -0.1) is 11.3 Å². The average molecular weight is 316 g/mol. The number of aromatic nitrogens is 2. The highest BCUT2D eigenvalue weighted by Crippen LogP contribution is 2.21. The molecule has 2 aromatic heterocycles. The predicted octanol–water partition coefficient (Wildman–Crippen LogP) is 3.19. The number of thiazole rings is 1. The zero-order valence-electron chi connectivity index (χ0n) is 12.6. The van der Waals surface area contributed by atoms with Gasteiger partial charge in [-0.3, -0.25) is 4.79 Å². The second kappa shape index (κ2) is 6.87. The van der Waals surface area contributed by atoms with Crippen LogP contribution < -0.4 is 10.6 Å². The van der Waals surface area contributed by atoms with Crippen molar-refractivity contribution in [1.82, 2.24) is 15.3 Å². The van der Waals surface area contributed by atoms with Crippen LogP contribution in [0, 0.1) is 6.92 Å². The molecule has 0 unspecified atom stereocenters. The summed E-state index contributed by atoms with van der Waals surface area (Å²) in [6, 6.07) is 6.17. The standard InChI is InChI=1S/C16H20N4OS/c1-11-5-4-8-14(17-11)20-16-19-13(10-22-16)9-15(21)18-12-6-2-3-7-12/h4-5,8,10,12H,2-3,6-7,9H2,1H3,(H,18,21)(H,17,19,20). The van der Waals surface area contributed by atoms with Crippen molar-refractivity contribution in [2.75, 3.05) is 5.32 Å². The summed E-state index contributed by atoms with van der Waals surface area (Å²) in [6.45, 7) is 1.95.